The second-order valence-corrected chi connectivity index (χ2v) is 6.45. The standard InChI is InChI=1S/C17H14ClNOS/c1-11-15(12-7-9-14(18)10-8-12)19-17(21-11)16(20)13-5-3-2-4-6-13/h2-10,16,20H,1H3. The van der Waals surface area contributed by atoms with E-state index in [9.17, 15) is 5.11 Å². The fourth-order valence-electron chi connectivity index (χ4n) is 2.19. The van der Waals surface area contributed by atoms with Crippen LogP contribution in [0.15, 0.2) is 54.6 Å². The molecule has 106 valence electrons. The topological polar surface area (TPSA) is 33.1 Å². The van der Waals surface area contributed by atoms with Crippen LogP contribution in [-0.4, -0.2) is 10.1 Å². The number of halogens is 1. The average Bonchev–Trinajstić information content (AvgIpc) is 2.90. The molecule has 0 aliphatic heterocycles. The van der Waals surface area contributed by atoms with E-state index in [0.717, 1.165) is 21.7 Å². The average molecular weight is 316 g/mol. The molecule has 2 aromatic carbocycles. The largest absolute Gasteiger partial charge is 0.381 e. The van der Waals surface area contributed by atoms with Crippen molar-refractivity contribution in [2.24, 2.45) is 0 Å². The van der Waals surface area contributed by atoms with Gasteiger partial charge in [0.25, 0.3) is 0 Å². The van der Waals surface area contributed by atoms with Crippen LogP contribution in [-0.2, 0) is 0 Å². The second-order valence-electron chi connectivity index (χ2n) is 4.78. The summed E-state index contributed by atoms with van der Waals surface area (Å²) in [5.74, 6) is 0. The number of aromatic nitrogens is 1. The lowest BCUT2D eigenvalue weighted by atomic mass is 10.1. The molecule has 21 heavy (non-hydrogen) atoms. The minimum atomic E-state index is -0.684. The summed E-state index contributed by atoms with van der Waals surface area (Å²) in [6.07, 6.45) is -0.684. The minimum Gasteiger partial charge on any atom is -0.381 e. The van der Waals surface area contributed by atoms with Gasteiger partial charge in [-0.2, -0.15) is 0 Å². The third-order valence-electron chi connectivity index (χ3n) is 3.28. The first-order chi connectivity index (χ1) is 10.1. The molecule has 0 amide bonds. The minimum absolute atomic E-state index is 0.684. The molecule has 0 spiro atoms. The van der Waals surface area contributed by atoms with E-state index in [2.05, 4.69) is 4.98 Å². The summed E-state index contributed by atoms with van der Waals surface area (Å²) in [5.41, 5.74) is 2.77. The van der Waals surface area contributed by atoms with Crippen LogP contribution < -0.4 is 0 Å². The fourth-order valence-corrected chi connectivity index (χ4v) is 3.27. The Morgan fingerprint density at radius 3 is 2.38 bits per heavy atom. The van der Waals surface area contributed by atoms with Gasteiger partial charge in [0.05, 0.1) is 5.69 Å². The molecule has 1 aromatic heterocycles. The van der Waals surface area contributed by atoms with Crippen molar-refractivity contribution in [1.82, 2.24) is 4.98 Å². The first-order valence-electron chi connectivity index (χ1n) is 6.61. The van der Waals surface area contributed by atoms with E-state index < -0.39 is 6.10 Å². The van der Waals surface area contributed by atoms with Crippen molar-refractivity contribution in [3.05, 3.63) is 75.1 Å². The van der Waals surface area contributed by atoms with Crippen molar-refractivity contribution >= 4 is 22.9 Å². The molecule has 1 heterocycles. The van der Waals surface area contributed by atoms with Crippen LogP contribution in [0.4, 0.5) is 0 Å². The SMILES string of the molecule is Cc1sc(C(O)c2ccccc2)nc1-c1ccc(Cl)cc1. The third kappa shape index (κ3) is 3.00. The van der Waals surface area contributed by atoms with E-state index in [1.54, 1.807) is 0 Å². The van der Waals surface area contributed by atoms with Gasteiger partial charge in [-0.1, -0.05) is 54.1 Å². The zero-order chi connectivity index (χ0) is 14.8. The molecule has 1 N–H and O–H groups in total. The van der Waals surface area contributed by atoms with E-state index in [1.165, 1.54) is 11.3 Å². The molecule has 2 nitrogen and oxygen atoms in total. The molecule has 0 fully saturated rings. The van der Waals surface area contributed by atoms with Gasteiger partial charge < -0.3 is 5.11 Å². The zero-order valence-electron chi connectivity index (χ0n) is 11.5. The number of nitrogens with zero attached hydrogens (tertiary/aromatic N) is 1. The molecule has 3 rings (SSSR count). The van der Waals surface area contributed by atoms with Gasteiger partial charge in [-0.3, -0.25) is 0 Å². The molecule has 1 atom stereocenters. The normalized spacial score (nSPS) is 12.3. The zero-order valence-corrected chi connectivity index (χ0v) is 13.0. The van der Waals surface area contributed by atoms with Crippen molar-refractivity contribution in [3.8, 4) is 11.3 Å². The van der Waals surface area contributed by atoms with Gasteiger partial charge in [0.1, 0.15) is 11.1 Å². The van der Waals surface area contributed by atoms with Gasteiger partial charge in [-0.15, -0.1) is 11.3 Å². The number of benzene rings is 2. The van der Waals surface area contributed by atoms with Crippen LogP contribution in [0.5, 0.6) is 0 Å². The highest BCUT2D eigenvalue weighted by atomic mass is 35.5. The van der Waals surface area contributed by atoms with E-state index in [4.69, 9.17) is 11.6 Å². The van der Waals surface area contributed by atoms with Crippen molar-refractivity contribution in [2.75, 3.05) is 0 Å². The first-order valence-corrected chi connectivity index (χ1v) is 7.81. The molecular weight excluding hydrogens is 302 g/mol. The van der Waals surface area contributed by atoms with E-state index in [0.29, 0.717) is 10.0 Å². The van der Waals surface area contributed by atoms with Gasteiger partial charge in [0.15, 0.2) is 0 Å². The Kier molecular flexibility index (Phi) is 4.06. The van der Waals surface area contributed by atoms with Crippen molar-refractivity contribution in [2.45, 2.75) is 13.0 Å². The fraction of sp³-hybridized carbons (Fsp3) is 0.118. The lowest BCUT2D eigenvalue weighted by molar-refractivity contribution is 0.220. The molecule has 3 aromatic rings. The third-order valence-corrected chi connectivity index (χ3v) is 4.56. The summed E-state index contributed by atoms with van der Waals surface area (Å²) in [6.45, 7) is 2.02. The van der Waals surface area contributed by atoms with Crippen LogP contribution in [0.1, 0.15) is 21.6 Å². The Labute approximate surface area is 132 Å². The van der Waals surface area contributed by atoms with Crippen LogP contribution in [0.2, 0.25) is 5.02 Å². The van der Waals surface area contributed by atoms with E-state index >= 15 is 0 Å². The lowest BCUT2D eigenvalue weighted by Crippen LogP contribution is -1.98. The van der Waals surface area contributed by atoms with Gasteiger partial charge in [-0.05, 0) is 24.6 Å². The highest BCUT2D eigenvalue weighted by molar-refractivity contribution is 7.12. The molecule has 0 saturated heterocycles. The Hall–Kier alpha value is -1.68. The quantitative estimate of drug-likeness (QED) is 0.749. The Balaban J connectivity index is 1.96. The Bertz CT molecular complexity index is 737. The molecule has 0 bridgehead atoms. The van der Waals surface area contributed by atoms with Crippen molar-refractivity contribution in [1.29, 1.82) is 0 Å². The maximum absolute atomic E-state index is 10.4. The van der Waals surface area contributed by atoms with Gasteiger partial charge in [-0.25, -0.2) is 4.98 Å². The number of hydrogen-bond acceptors (Lipinski definition) is 3. The Morgan fingerprint density at radius 2 is 1.71 bits per heavy atom. The molecule has 0 aliphatic rings. The summed E-state index contributed by atoms with van der Waals surface area (Å²) in [6, 6.07) is 17.2. The monoisotopic (exact) mass is 315 g/mol. The van der Waals surface area contributed by atoms with Crippen LogP contribution >= 0.6 is 22.9 Å². The maximum atomic E-state index is 10.4. The van der Waals surface area contributed by atoms with Gasteiger partial charge in [0.2, 0.25) is 0 Å². The van der Waals surface area contributed by atoms with Crippen molar-refractivity contribution < 1.29 is 5.11 Å². The highest BCUT2D eigenvalue weighted by Crippen LogP contribution is 2.33. The predicted octanol–water partition coefficient (Wildman–Crippen LogP) is 4.85. The molecule has 4 heteroatoms. The second kappa shape index (κ2) is 5.98. The van der Waals surface area contributed by atoms with E-state index in [-0.39, 0.29) is 0 Å². The highest BCUT2D eigenvalue weighted by Gasteiger charge is 2.17. The molecule has 0 radical (unpaired) electrons. The summed E-state index contributed by atoms with van der Waals surface area (Å²) in [5, 5.41) is 11.9. The number of aliphatic hydroxyl groups excluding tert-OH is 1. The lowest BCUT2D eigenvalue weighted by Gasteiger charge is -2.06. The molecular formula is C17H14ClNOS. The number of aryl methyl sites for hydroxylation is 1. The summed E-state index contributed by atoms with van der Waals surface area (Å²) < 4.78 is 0. The summed E-state index contributed by atoms with van der Waals surface area (Å²) in [4.78, 5) is 5.70. The molecule has 1 unspecified atom stereocenters. The van der Waals surface area contributed by atoms with Crippen LogP contribution in [0, 0.1) is 6.92 Å². The van der Waals surface area contributed by atoms with E-state index in [1.807, 2.05) is 61.5 Å². The number of hydrogen-bond donors (Lipinski definition) is 1. The number of rotatable bonds is 3. The first kappa shape index (κ1) is 14.3. The van der Waals surface area contributed by atoms with Gasteiger partial charge in [0, 0.05) is 15.5 Å². The summed E-state index contributed by atoms with van der Waals surface area (Å²) in [7, 11) is 0. The number of thiazole rings is 1. The van der Waals surface area contributed by atoms with Crippen LogP contribution in [0.25, 0.3) is 11.3 Å². The summed E-state index contributed by atoms with van der Waals surface area (Å²) >= 11 is 7.44. The molecule has 0 saturated carbocycles. The predicted molar refractivity (Wildman–Crippen MR) is 87.8 cm³/mol. The smallest absolute Gasteiger partial charge is 0.131 e. The molecule has 0 aliphatic carbocycles. The number of aliphatic hydroxyl groups is 1. The van der Waals surface area contributed by atoms with Gasteiger partial charge >= 0.3 is 0 Å². The Morgan fingerprint density at radius 1 is 1.05 bits per heavy atom. The van der Waals surface area contributed by atoms with Crippen molar-refractivity contribution in [3.63, 3.8) is 0 Å². The van der Waals surface area contributed by atoms with Crippen LogP contribution in [0.3, 0.4) is 0 Å². The maximum Gasteiger partial charge on any atom is 0.131 e.